The maximum atomic E-state index is 11.1. The lowest BCUT2D eigenvalue weighted by molar-refractivity contribution is 0.0664. The topological polar surface area (TPSA) is 50.4 Å². The van der Waals surface area contributed by atoms with Crippen LogP contribution in [0.5, 0.6) is 0 Å². The Hall–Kier alpha value is -1.42. The molecule has 0 aliphatic heterocycles. The van der Waals surface area contributed by atoms with Crippen LogP contribution in [0.4, 0.5) is 0 Å². The Morgan fingerprint density at radius 3 is 2.76 bits per heavy atom. The van der Waals surface area contributed by atoms with Gasteiger partial charge in [0.25, 0.3) is 0 Å². The van der Waals surface area contributed by atoms with Gasteiger partial charge in [0, 0.05) is 16.7 Å². The predicted molar refractivity (Wildman–Crippen MR) is 69.6 cm³/mol. The van der Waals surface area contributed by atoms with Crippen LogP contribution in [0, 0.1) is 0 Å². The van der Waals surface area contributed by atoms with E-state index in [1.807, 2.05) is 18.2 Å². The smallest absolute Gasteiger partial charge is 0.372 e. The van der Waals surface area contributed by atoms with E-state index in [0.717, 1.165) is 10.9 Å². The molecular formula is C13H14O3S. The summed E-state index contributed by atoms with van der Waals surface area (Å²) in [5, 5.41) is 10.5. The normalized spacial score (nSPS) is 11.2. The van der Waals surface area contributed by atoms with Crippen LogP contribution in [0.3, 0.4) is 0 Å². The van der Waals surface area contributed by atoms with Crippen molar-refractivity contribution in [2.75, 3.05) is 0 Å². The molecule has 0 saturated heterocycles. The van der Waals surface area contributed by atoms with Crippen LogP contribution in [0.15, 0.2) is 28.7 Å². The Balaban J connectivity index is 2.48. The van der Waals surface area contributed by atoms with Crippen LogP contribution in [0.2, 0.25) is 0 Å². The molecule has 0 saturated carbocycles. The average molecular weight is 250 g/mol. The third-order valence-electron chi connectivity index (χ3n) is 2.45. The summed E-state index contributed by atoms with van der Waals surface area (Å²) in [7, 11) is 0. The number of carbonyl (C=O) groups is 1. The molecule has 1 aromatic carbocycles. The molecule has 0 aliphatic rings. The molecule has 90 valence electrons. The molecule has 0 aliphatic carbocycles. The van der Waals surface area contributed by atoms with Gasteiger partial charge in [-0.15, -0.1) is 0 Å². The fourth-order valence-corrected chi connectivity index (χ4v) is 2.45. The molecule has 0 radical (unpaired) electrons. The van der Waals surface area contributed by atoms with Crippen molar-refractivity contribution in [3.8, 4) is 0 Å². The van der Waals surface area contributed by atoms with Crippen molar-refractivity contribution >= 4 is 28.7 Å². The standard InChI is InChI=1S/C13H14O3S/c1-8(2)17-7-10-9-5-3-4-6-11(9)16-12(10)13(14)15/h3-6,8H,7H2,1-2H3,(H,14,15). The van der Waals surface area contributed by atoms with Crippen molar-refractivity contribution < 1.29 is 14.3 Å². The molecule has 17 heavy (non-hydrogen) atoms. The zero-order valence-corrected chi connectivity index (χ0v) is 10.6. The minimum atomic E-state index is -0.999. The number of hydrogen-bond acceptors (Lipinski definition) is 3. The first-order valence-electron chi connectivity index (χ1n) is 5.45. The second-order valence-corrected chi connectivity index (χ2v) is 5.64. The molecule has 0 amide bonds. The SMILES string of the molecule is CC(C)SCc1c(C(=O)O)oc2ccccc12. The third-order valence-corrected chi connectivity index (χ3v) is 3.58. The Morgan fingerprint density at radius 2 is 2.12 bits per heavy atom. The van der Waals surface area contributed by atoms with Gasteiger partial charge in [0.1, 0.15) is 5.58 Å². The molecule has 0 bridgehead atoms. The summed E-state index contributed by atoms with van der Waals surface area (Å²) < 4.78 is 5.38. The molecule has 0 fully saturated rings. The van der Waals surface area contributed by atoms with Crippen LogP contribution in [-0.4, -0.2) is 16.3 Å². The molecule has 1 heterocycles. The van der Waals surface area contributed by atoms with Gasteiger partial charge in [-0.2, -0.15) is 11.8 Å². The van der Waals surface area contributed by atoms with Gasteiger partial charge in [-0.25, -0.2) is 4.79 Å². The lowest BCUT2D eigenvalue weighted by atomic mass is 10.1. The first-order chi connectivity index (χ1) is 8.09. The quantitative estimate of drug-likeness (QED) is 0.897. The van der Waals surface area contributed by atoms with E-state index >= 15 is 0 Å². The summed E-state index contributed by atoms with van der Waals surface area (Å²) in [6.45, 7) is 4.18. The predicted octanol–water partition coefficient (Wildman–Crippen LogP) is 3.77. The van der Waals surface area contributed by atoms with E-state index in [4.69, 9.17) is 9.52 Å². The molecule has 1 N–H and O–H groups in total. The van der Waals surface area contributed by atoms with Crippen LogP contribution in [-0.2, 0) is 5.75 Å². The Kier molecular flexibility index (Phi) is 3.43. The van der Waals surface area contributed by atoms with Gasteiger partial charge in [0.05, 0.1) is 0 Å². The van der Waals surface area contributed by atoms with E-state index in [1.165, 1.54) is 0 Å². The molecule has 2 aromatic rings. The lowest BCUT2D eigenvalue weighted by Gasteiger charge is -2.03. The summed E-state index contributed by atoms with van der Waals surface area (Å²) in [6.07, 6.45) is 0. The van der Waals surface area contributed by atoms with E-state index < -0.39 is 5.97 Å². The zero-order chi connectivity index (χ0) is 12.4. The average Bonchev–Trinajstić information content (AvgIpc) is 2.65. The number of carboxylic acid groups (broad SMARTS) is 1. The Labute approximate surface area is 104 Å². The van der Waals surface area contributed by atoms with Gasteiger partial charge in [0.2, 0.25) is 5.76 Å². The van der Waals surface area contributed by atoms with Crippen LogP contribution in [0.25, 0.3) is 11.0 Å². The highest BCUT2D eigenvalue weighted by atomic mass is 32.2. The van der Waals surface area contributed by atoms with E-state index in [9.17, 15) is 4.79 Å². The van der Waals surface area contributed by atoms with E-state index in [-0.39, 0.29) is 5.76 Å². The number of fused-ring (bicyclic) bond motifs is 1. The maximum absolute atomic E-state index is 11.1. The molecule has 0 atom stereocenters. The molecule has 2 rings (SSSR count). The van der Waals surface area contributed by atoms with E-state index in [1.54, 1.807) is 17.8 Å². The van der Waals surface area contributed by atoms with Crippen LogP contribution >= 0.6 is 11.8 Å². The Bertz CT molecular complexity index is 543. The maximum Gasteiger partial charge on any atom is 0.372 e. The van der Waals surface area contributed by atoms with Crippen molar-refractivity contribution in [1.82, 2.24) is 0 Å². The summed E-state index contributed by atoms with van der Waals surface area (Å²) in [4.78, 5) is 11.1. The van der Waals surface area contributed by atoms with Gasteiger partial charge in [0.15, 0.2) is 0 Å². The summed E-state index contributed by atoms with van der Waals surface area (Å²) >= 11 is 1.71. The minimum absolute atomic E-state index is 0.0688. The van der Waals surface area contributed by atoms with Crippen molar-refractivity contribution in [2.45, 2.75) is 24.9 Å². The van der Waals surface area contributed by atoms with Gasteiger partial charge in [-0.05, 0) is 11.3 Å². The molecule has 4 heteroatoms. The van der Waals surface area contributed by atoms with Gasteiger partial charge < -0.3 is 9.52 Å². The third kappa shape index (κ3) is 2.47. The van der Waals surface area contributed by atoms with Crippen LogP contribution in [0.1, 0.15) is 30.0 Å². The largest absolute Gasteiger partial charge is 0.475 e. The first-order valence-corrected chi connectivity index (χ1v) is 6.49. The minimum Gasteiger partial charge on any atom is -0.475 e. The summed E-state index contributed by atoms with van der Waals surface area (Å²) in [5.74, 6) is -0.268. The zero-order valence-electron chi connectivity index (χ0n) is 9.77. The highest BCUT2D eigenvalue weighted by Crippen LogP contribution is 2.30. The van der Waals surface area contributed by atoms with E-state index in [0.29, 0.717) is 16.6 Å². The van der Waals surface area contributed by atoms with Gasteiger partial charge in [-0.3, -0.25) is 0 Å². The molecular weight excluding hydrogens is 236 g/mol. The lowest BCUT2D eigenvalue weighted by Crippen LogP contribution is -1.99. The van der Waals surface area contributed by atoms with Crippen molar-refractivity contribution in [3.63, 3.8) is 0 Å². The fraction of sp³-hybridized carbons (Fsp3) is 0.308. The highest BCUT2D eigenvalue weighted by Gasteiger charge is 2.19. The molecule has 0 unspecified atom stereocenters. The fourth-order valence-electron chi connectivity index (χ4n) is 1.66. The number of hydrogen-bond donors (Lipinski definition) is 1. The Morgan fingerprint density at radius 1 is 1.41 bits per heavy atom. The van der Waals surface area contributed by atoms with Crippen molar-refractivity contribution in [3.05, 3.63) is 35.6 Å². The highest BCUT2D eigenvalue weighted by molar-refractivity contribution is 7.99. The number of benzene rings is 1. The number of furan rings is 1. The monoisotopic (exact) mass is 250 g/mol. The summed E-state index contributed by atoms with van der Waals surface area (Å²) in [5.41, 5.74) is 1.43. The van der Waals surface area contributed by atoms with Crippen molar-refractivity contribution in [1.29, 1.82) is 0 Å². The number of para-hydroxylation sites is 1. The number of aromatic carboxylic acids is 1. The van der Waals surface area contributed by atoms with Gasteiger partial charge >= 0.3 is 5.97 Å². The number of carboxylic acids is 1. The summed E-state index contributed by atoms with van der Waals surface area (Å²) in [6, 6.07) is 7.44. The number of rotatable bonds is 4. The van der Waals surface area contributed by atoms with Crippen molar-refractivity contribution in [2.24, 2.45) is 0 Å². The first kappa shape index (κ1) is 12.0. The van der Waals surface area contributed by atoms with Crippen LogP contribution < -0.4 is 0 Å². The second-order valence-electron chi connectivity index (χ2n) is 4.07. The molecule has 3 nitrogen and oxygen atoms in total. The van der Waals surface area contributed by atoms with E-state index in [2.05, 4.69) is 13.8 Å². The number of thioether (sulfide) groups is 1. The second kappa shape index (κ2) is 4.84. The molecule has 1 aromatic heterocycles. The molecule has 0 spiro atoms. The van der Waals surface area contributed by atoms with Gasteiger partial charge in [-0.1, -0.05) is 32.0 Å².